The van der Waals surface area contributed by atoms with Crippen LogP contribution in [-0.4, -0.2) is 41.2 Å². The first-order valence-electron chi connectivity index (χ1n) is 13.0. The molecule has 2 amide bonds. The summed E-state index contributed by atoms with van der Waals surface area (Å²) < 4.78 is 0. The zero-order valence-electron chi connectivity index (χ0n) is 21.2. The Morgan fingerprint density at radius 3 is 2.44 bits per heavy atom. The number of fused-ring (bicyclic) bond motifs is 1. The lowest BCUT2D eigenvalue weighted by molar-refractivity contribution is -0.126. The van der Waals surface area contributed by atoms with E-state index < -0.39 is 6.04 Å². The standard InChI is InChI=1S/C31H35N3O2/c1-22-12-13-23(2)27(18-22)20-33-16-14-24(15-17-33)19-32-30(35)29(25-8-4-3-5-9-25)34-21-26-10-6-7-11-28(26)31(34)36/h3-13,18,24,29H,14-17,19-21H2,1-2H3,(H,32,35)/t29-/m1/s1. The predicted molar refractivity (Wildman–Crippen MR) is 142 cm³/mol. The van der Waals surface area contributed by atoms with Gasteiger partial charge in [-0.25, -0.2) is 0 Å². The Balaban J connectivity index is 1.20. The highest BCUT2D eigenvalue weighted by atomic mass is 16.2. The highest BCUT2D eigenvalue weighted by Gasteiger charge is 2.37. The first kappa shape index (κ1) is 24.3. The number of amides is 2. The summed E-state index contributed by atoms with van der Waals surface area (Å²) in [6.45, 7) is 8.50. The van der Waals surface area contributed by atoms with Gasteiger partial charge in [0.25, 0.3) is 5.91 Å². The predicted octanol–water partition coefficient (Wildman–Crippen LogP) is 5.03. The molecule has 2 aliphatic rings. The maximum Gasteiger partial charge on any atom is 0.255 e. The Labute approximate surface area is 214 Å². The van der Waals surface area contributed by atoms with Crippen LogP contribution >= 0.6 is 0 Å². The number of aryl methyl sites for hydroxylation is 2. The number of piperidine rings is 1. The van der Waals surface area contributed by atoms with Crippen molar-refractivity contribution >= 4 is 11.8 Å². The first-order chi connectivity index (χ1) is 17.5. The average Bonchev–Trinajstić information content (AvgIpc) is 3.22. The van der Waals surface area contributed by atoms with Crippen LogP contribution in [0.5, 0.6) is 0 Å². The second-order valence-corrected chi connectivity index (χ2v) is 10.3. The Morgan fingerprint density at radius 1 is 0.972 bits per heavy atom. The molecule has 186 valence electrons. The summed E-state index contributed by atoms with van der Waals surface area (Å²) in [5, 5.41) is 3.20. The highest BCUT2D eigenvalue weighted by molar-refractivity contribution is 6.01. The molecule has 1 fully saturated rings. The molecule has 0 unspecified atom stereocenters. The van der Waals surface area contributed by atoms with Gasteiger partial charge in [0.2, 0.25) is 5.91 Å². The number of hydrogen-bond donors (Lipinski definition) is 1. The van der Waals surface area contributed by atoms with Gasteiger partial charge in [0.1, 0.15) is 6.04 Å². The van der Waals surface area contributed by atoms with Gasteiger partial charge in [-0.05, 0) is 74.0 Å². The van der Waals surface area contributed by atoms with E-state index in [1.54, 1.807) is 4.90 Å². The van der Waals surface area contributed by atoms with Crippen LogP contribution in [0.15, 0.2) is 72.8 Å². The molecule has 5 nitrogen and oxygen atoms in total. The van der Waals surface area contributed by atoms with Crippen LogP contribution < -0.4 is 5.32 Å². The minimum absolute atomic E-state index is 0.0747. The number of benzene rings is 3. The van der Waals surface area contributed by atoms with Crippen molar-refractivity contribution in [2.75, 3.05) is 19.6 Å². The number of likely N-dealkylation sites (tertiary alicyclic amines) is 1. The number of carbonyl (C=O) groups excluding carboxylic acids is 2. The SMILES string of the molecule is Cc1ccc(C)c(CN2CCC(CNC(=O)[C@@H](c3ccccc3)N3Cc4ccccc4C3=O)CC2)c1. The normalized spacial score (nSPS) is 17.2. The summed E-state index contributed by atoms with van der Waals surface area (Å²) in [4.78, 5) is 31.0. The van der Waals surface area contributed by atoms with Crippen LogP contribution in [-0.2, 0) is 17.9 Å². The van der Waals surface area contributed by atoms with Crippen molar-refractivity contribution in [3.8, 4) is 0 Å². The van der Waals surface area contributed by atoms with Crippen LogP contribution in [0.1, 0.15) is 57.1 Å². The monoisotopic (exact) mass is 481 g/mol. The molecule has 2 aliphatic heterocycles. The lowest BCUT2D eigenvalue weighted by Crippen LogP contribution is -2.44. The van der Waals surface area contributed by atoms with Gasteiger partial charge in [-0.15, -0.1) is 0 Å². The third-order valence-electron chi connectivity index (χ3n) is 7.70. The zero-order chi connectivity index (χ0) is 25.1. The number of hydrogen-bond acceptors (Lipinski definition) is 3. The van der Waals surface area contributed by atoms with Gasteiger partial charge in [0, 0.05) is 25.2 Å². The van der Waals surface area contributed by atoms with E-state index in [-0.39, 0.29) is 11.8 Å². The molecule has 3 aromatic carbocycles. The largest absolute Gasteiger partial charge is 0.354 e. The van der Waals surface area contributed by atoms with Crippen molar-refractivity contribution < 1.29 is 9.59 Å². The van der Waals surface area contributed by atoms with Gasteiger partial charge in [-0.2, -0.15) is 0 Å². The van der Waals surface area contributed by atoms with Crippen LogP contribution in [0, 0.1) is 19.8 Å². The van der Waals surface area contributed by atoms with Crippen LogP contribution in [0.3, 0.4) is 0 Å². The minimum Gasteiger partial charge on any atom is -0.354 e. The molecular formula is C31H35N3O2. The minimum atomic E-state index is -0.629. The number of carbonyl (C=O) groups is 2. The molecular weight excluding hydrogens is 446 g/mol. The quantitative estimate of drug-likeness (QED) is 0.515. The van der Waals surface area contributed by atoms with Crippen LogP contribution in [0.2, 0.25) is 0 Å². The molecule has 0 aromatic heterocycles. The molecule has 2 heterocycles. The van der Waals surface area contributed by atoms with Gasteiger partial charge in [-0.3, -0.25) is 14.5 Å². The molecule has 0 spiro atoms. The summed E-state index contributed by atoms with van der Waals surface area (Å²) in [5.41, 5.74) is 6.58. The van der Waals surface area contributed by atoms with Crippen molar-refractivity contribution in [2.24, 2.45) is 5.92 Å². The maximum absolute atomic E-state index is 13.5. The molecule has 0 aliphatic carbocycles. The van der Waals surface area contributed by atoms with E-state index in [0.29, 0.717) is 24.6 Å². The van der Waals surface area contributed by atoms with E-state index in [1.807, 2.05) is 54.6 Å². The Hall–Kier alpha value is -3.44. The van der Waals surface area contributed by atoms with Crippen molar-refractivity contribution in [1.82, 2.24) is 15.1 Å². The summed E-state index contributed by atoms with van der Waals surface area (Å²) in [6.07, 6.45) is 2.13. The summed E-state index contributed by atoms with van der Waals surface area (Å²) >= 11 is 0. The average molecular weight is 482 g/mol. The Bertz CT molecular complexity index is 1230. The molecule has 0 radical (unpaired) electrons. The van der Waals surface area contributed by atoms with Gasteiger partial charge in [-0.1, -0.05) is 72.3 Å². The smallest absolute Gasteiger partial charge is 0.255 e. The molecule has 1 atom stereocenters. The fraction of sp³-hybridized carbons (Fsp3) is 0.355. The molecule has 0 bridgehead atoms. The summed E-state index contributed by atoms with van der Waals surface area (Å²) in [7, 11) is 0. The fourth-order valence-electron chi connectivity index (χ4n) is 5.50. The Morgan fingerprint density at radius 2 is 1.69 bits per heavy atom. The molecule has 5 heteroatoms. The van der Waals surface area contributed by atoms with E-state index >= 15 is 0 Å². The molecule has 3 aromatic rings. The van der Waals surface area contributed by atoms with Crippen molar-refractivity contribution in [3.63, 3.8) is 0 Å². The summed E-state index contributed by atoms with van der Waals surface area (Å²) in [6, 6.07) is 23.4. The lowest BCUT2D eigenvalue weighted by Gasteiger charge is -2.33. The summed E-state index contributed by atoms with van der Waals surface area (Å²) in [5.74, 6) is 0.279. The Kier molecular flexibility index (Phi) is 7.19. The number of rotatable bonds is 7. The van der Waals surface area contributed by atoms with E-state index in [4.69, 9.17) is 0 Å². The van der Waals surface area contributed by atoms with E-state index in [0.717, 1.165) is 43.6 Å². The second-order valence-electron chi connectivity index (χ2n) is 10.3. The van der Waals surface area contributed by atoms with Crippen molar-refractivity contribution in [2.45, 2.75) is 45.8 Å². The van der Waals surface area contributed by atoms with E-state index in [1.165, 1.54) is 16.7 Å². The second kappa shape index (κ2) is 10.7. The molecule has 1 saturated heterocycles. The van der Waals surface area contributed by atoms with Gasteiger partial charge < -0.3 is 10.2 Å². The third kappa shape index (κ3) is 5.21. The van der Waals surface area contributed by atoms with Gasteiger partial charge in [0.15, 0.2) is 0 Å². The van der Waals surface area contributed by atoms with Crippen molar-refractivity contribution in [1.29, 1.82) is 0 Å². The fourth-order valence-corrected chi connectivity index (χ4v) is 5.50. The number of nitrogens with one attached hydrogen (secondary N) is 1. The van der Waals surface area contributed by atoms with Gasteiger partial charge >= 0.3 is 0 Å². The molecule has 0 saturated carbocycles. The van der Waals surface area contributed by atoms with Gasteiger partial charge in [0.05, 0.1) is 0 Å². The van der Waals surface area contributed by atoms with Crippen LogP contribution in [0.4, 0.5) is 0 Å². The third-order valence-corrected chi connectivity index (χ3v) is 7.70. The molecule has 36 heavy (non-hydrogen) atoms. The topological polar surface area (TPSA) is 52.7 Å². The molecule has 5 rings (SSSR count). The van der Waals surface area contributed by atoms with Crippen LogP contribution in [0.25, 0.3) is 0 Å². The lowest BCUT2D eigenvalue weighted by atomic mass is 9.95. The zero-order valence-corrected chi connectivity index (χ0v) is 21.2. The maximum atomic E-state index is 13.5. The molecule has 1 N–H and O–H groups in total. The van der Waals surface area contributed by atoms with E-state index in [9.17, 15) is 9.59 Å². The van der Waals surface area contributed by atoms with Crippen molar-refractivity contribution in [3.05, 3.63) is 106 Å². The first-order valence-corrected chi connectivity index (χ1v) is 13.0. The number of nitrogens with zero attached hydrogens (tertiary/aromatic N) is 2. The van der Waals surface area contributed by atoms with E-state index in [2.05, 4.69) is 42.3 Å². The highest BCUT2D eigenvalue weighted by Crippen LogP contribution is 2.32.